The third-order valence-electron chi connectivity index (χ3n) is 2.66. The number of aromatic nitrogens is 1. The van der Waals surface area contributed by atoms with Crippen LogP contribution in [0.1, 0.15) is 19.0 Å². The molecule has 0 saturated carbocycles. The number of nitrogens with zero attached hydrogens (tertiary/aromatic N) is 2. The normalized spacial score (nSPS) is 23.9. The van der Waals surface area contributed by atoms with Crippen LogP contribution in [0.5, 0.6) is 0 Å². The minimum absolute atomic E-state index is 0.371. The molecule has 82 valence electrons. The van der Waals surface area contributed by atoms with Crippen LogP contribution in [0.4, 0.5) is 0 Å². The lowest BCUT2D eigenvalue weighted by Crippen LogP contribution is -2.30. The molecule has 1 N–H and O–H groups in total. The molecule has 1 aromatic rings. The first-order valence-electron chi connectivity index (χ1n) is 5.01. The Bertz CT molecular complexity index is 465. The zero-order chi connectivity index (χ0) is 11.6. The van der Waals surface area contributed by atoms with Gasteiger partial charge >= 0.3 is 5.97 Å². The zero-order valence-electron chi connectivity index (χ0n) is 8.92. The van der Waals surface area contributed by atoms with Crippen molar-refractivity contribution in [3.63, 3.8) is 0 Å². The minimum Gasteiger partial charge on any atom is -0.481 e. The molecular formula is C12H12N2O2. The van der Waals surface area contributed by atoms with E-state index in [9.17, 15) is 4.79 Å². The molecule has 1 aliphatic rings. The maximum absolute atomic E-state index is 11.1. The molecule has 0 spiro atoms. The van der Waals surface area contributed by atoms with Gasteiger partial charge in [0.2, 0.25) is 0 Å². The molecule has 2 heterocycles. The van der Waals surface area contributed by atoms with Gasteiger partial charge < -0.3 is 5.11 Å². The number of carboxylic acids is 1. The third kappa shape index (κ3) is 1.86. The summed E-state index contributed by atoms with van der Waals surface area (Å²) >= 11 is 0. The maximum atomic E-state index is 11.1. The first kappa shape index (κ1) is 10.5. The summed E-state index contributed by atoms with van der Waals surface area (Å²) in [5, 5.41) is 9.14. The van der Waals surface area contributed by atoms with Crippen LogP contribution in [0.2, 0.25) is 0 Å². The van der Waals surface area contributed by atoms with Crippen LogP contribution in [0.3, 0.4) is 0 Å². The topological polar surface area (TPSA) is 62.5 Å². The molecule has 0 aromatic carbocycles. The van der Waals surface area contributed by atoms with Gasteiger partial charge in [0, 0.05) is 18.8 Å². The smallest absolute Gasteiger partial charge is 0.313 e. The van der Waals surface area contributed by atoms with E-state index in [1.54, 1.807) is 25.4 Å². The van der Waals surface area contributed by atoms with E-state index in [0.717, 1.165) is 5.69 Å². The van der Waals surface area contributed by atoms with Crippen LogP contribution in [0.25, 0.3) is 0 Å². The Balaban J connectivity index is 2.31. The number of hydrogen-bond donors (Lipinski definition) is 1. The first-order chi connectivity index (χ1) is 7.62. The Morgan fingerprint density at radius 2 is 2.31 bits per heavy atom. The molecule has 1 aromatic heterocycles. The highest BCUT2D eigenvalue weighted by Crippen LogP contribution is 2.29. The van der Waals surface area contributed by atoms with Crippen molar-refractivity contribution in [1.82, 2.24) is 4.98 Å². The molecule has 16 heavy (non-hydrogen) atoms. The second-order valence-electron chi connectivity index (χ2n) is 4.01. The molecule has 0 radical (unpaired) electrons. The van der Waals surface area contributed by atoms with Gasteiger partial charge in [-0.15, -0.1) is 0 Å². The van der Waals surface area contributed by atoms with Crippen molar-refractivity contribution < 1.29 is 9.90 Å². The van der Waals surface area contributed by atoms with Gasteiger partial charge in [0.25, 0.3) is 0 Å². The number of rotatable bonds is 2. The van der Waals surface area contributed by atoms with Crippen molar-refractivity contribution in [3.8, 4) is 0 Å². The lowest BCUT2D eigenvalue weighted by molar-refractivity contribution is -0.144. The van der Waals surface area contributed by atoms with Crippen LogP contribution in [0, 0.1) is 5.41 Å². The van der Waals surface area contributed by atoms with E-state index in [1.165, 1.54) is 0 Å². The summed E-state index contributed by atoms with van der Waals surface area (Å²) in [6, 6.07) is 5.51. The number of hydrogen-bond acceptors (Lipinski definition) is 3. The SMILES string of the molecule is CC1(C(=O)O)C=CN=C(c2ccccn2)C1. The average molecular weight is 216 g/mol. The van der Waals surface area contributed by atoms with Crippen molar-refractivity contribution >= 4 is 11.7 Å². The summed E-state index contributed by atoms with van der Waals surface area (Å²) in [7, 11) is 0. The molecule has 0 amide bonds. The predicted molar refractivity (Wildman–Crippen MR) is 60.3 cm³/mol. The van der Waals surface area contributed by atoms with Gasteiger partial charge in [0.1, 0.15) is 0 Å². The molecule has 0 aliphatic carbocycles. The van der Waals surface area contributed by atoms with Crippen LogP contribution >= 0.6 is 0 Å². The molecule has 4 nitrogen and oxygen atoms in total. The molecule has 2 rings (SSSR count). The van der Waals surface area contributed by atoms with E-state index in [4.69, 9.17) is 5.11 Å². The highest BCUT2D eigenvalue weighted by molar-refractivity contribution is 6.02. The summed E-state index contributed by atoms with van der Waals surface area (Å²) in [5.74, 6) is -0.841. The Morgan fingerprint density at radius 1 is 1.50 bits per heavy atom. The molecule has 0 fully saturated rings. The average Bonchev–Trinajstić information content (AvgIpc) is 2.30. The predicted octanol–water partition coefficient (Wildman–Crippen LogP) is 1.88. The van der Waals surface area contributed by atoms with E-state index in [1.807, 2.05) is 18.2 Å². The van der Waals surface area contributed by atoms with Gasteiger partial charge in [0.15, 0.2) is 0 Å². The third-order valence-corrected chi connectivity index (χ3v) is 2.66. The van der Waals surface area contributed by atoms with E-state index < -0.39 is 11.4 Å². The van der Waals surface area contributed by atoms with Gasteiger partial charge in [-0.1, -0.05) is 6.07 Å². The lowest BCUT2D eigenvalue weighted by Gasteiger charge is -2.23. The Hall–Kier alpha value is -1.97. The number of carbonyl (C=O) groups is 1. The molecule has 1 atom stereocenters. The molecule has 1 unspecified atom stereocenters. The van der Waals surface area contributed by atoms with Crippen molar-refractivity contribution in [2.45, 2.75) is 13.3 Å². The van der Waals surface area contributed by atoms with Crippen molar-refractivity contribution in [2.24, 2.45) is 10.4 Å². The second-order valence-corrected chi connectivity index (χ2v) is 4.01. The van der Waals surface area contributed by atoms with Crippen LogP contribution < -0.4 is 0 Å². The van der Waals surface area contributed by atoms with Gasteiger partial charge in [0.05, 0.1) is 16.8 Å². The van der Waals surface area contributed by atoms with E-state index in [2.05, 4.69) is 9.98 Å². The number of aliphatic carboxylic acids is 1. The van der Waals surface area contributed by atoms with Crippen LogP contribution in [0.15, 0.2) is 41.7 Å². The summed E-state index contributed by atoms with van der Waals surface area (Å²) in [6.45, 7) is 1.68. The lowest BCUT2D eigenvalue weighted by atomic mass is 9.82. The van der Waals surface area contributed by atoms with Crippen molar-refractivity contribution in [3.05, 3.63) is 42.4 Å². The Labute approximate surface area is 93.4 Å². The van der Waals surface area contributed by atoms with E-state index in [-0.39, 0.29) is 0 Å². The first-order valence-corrected chi connectivity index (χ1v) is 5.01. The minimum atomic E-state index is -0.880. The summed E-state index contributed by atoms with van der Waals surface area (Å²) < 4.78 is 0. The van der Waals surface area contributed by atoms with Gasteiger partial charge in [-0.2, -0.15) is 0 Å². The molecular weight excluding hydrogens is 204 g/mol. The van der Waals surface area contributed by atoms with Crippen LogP contribution in [-0.2, 0) is 4.79 Å². The van der Waals surface area contributed by atoms with Crippen molar-refractivity contribution in [2.75, 3.05) is 0 Å². The summed E-state index contributed by atoms with van der Waals surface area (Å²) in [6.07, 6.45) is 5.20. The quantitative estimate of drug-likeness (QED) is 0.820. The monoisotopic (exact) mass is 216 g/mol. The standard InChI is InChI=1S/C12H12N2O2/c1-12(11(15)16)5-7-14-10(8-12)9-4-2-3-6-13-9/h2-7H,8H2,1H3,(H,15,16). The van der Waals surface area contributed by atoms with Crippen LogP contribution in [-0.4, -0.2) is 21.8 Å². The van der Waals surface area contributed by atoms with Gasteiger partial charge in [-0.05, 0) is 25.1 Å². The van der Waals surface area contributed by atoms with Crippen molar-refractivity contribution in [1.29, 1.82) is 0 Å². The maximum Gasteiger partial charge on any atom is 0.313 e. The van der Waals surface area contributed by atoms with Gasteiger partial charge in [-0.25, -0.2) is 0 Å². The van der Waals surface area contributed by atoms with E-state index >= 15 is 0 Å². The largest absolute Gasteiger partial charge is 0.481 e. The number of pyridine rings is 1. The Morgan fingerprint density at radius 3 is 2.94 bits per heavy atom. The highest BCUT2D eigenvalue weighted by atomic mass is 16.4. The number of carboxylic acid groups (broad SMARTS) is 1. The summed E-state index contributed by atoms with van der Waals surface area (Å²) in [5.41, 5.74) is 0.571. The molecule has 1 aliphatic heterocycles. The highest BCUT2D eigenvalue weighted by Gasteiger charge is 2.34. The molecule has 4 heteroatoms. The zero-order valence-corrected chi connectivity index (χ0v) is 8.92. The summed E-state index contributed by atoms with van der Waals surface area (Å²) in [4.78, 5) is 19.5. The fourth-order valence-electron chi connectivity index (χ4n) is 1.58. The van der Waals surface area contributed by atoms with E-state index in [0.29, 0.717) is 12.1 Å². The molecule has 0 bridgehead atoms. The van der Waals surface area contributed by atoms with Gasteiger partial charge in [-0.3, -0.25) is 14.8 Å². The fraction of sp³-hybridized carbons (Fsp3) is 0.250. The second kappa shape index (κ2) is 3.89. The fourth-order valence-corrected chi connectivity index (χ4v) is 1.58. The molecule has 0 saturated heterocycles. The number of aliphatic imine (C=N–C) groups is 1. The Kier molecular flexibility index (Phi) is 2.56.